The molecule has 0 bridgehead atoms. The summed E-state index contributed by atoms with van der Waals surface area (Å²) in [5.41, 5.74) is 2.76. The summed E-state index contributed by atoms with van der Waals surface area (Å²) in [6.45, 7) is 2.16. The topological polar surface area (TPSA) is 65.8 Å². The summed E-state index contributed by atoms with van der Waals surface area (Å²) in [5, 5.41) is 11.9. The molecule has 0 saturated carbocycles. The Hall–Kier alpha value is -2.93. The third-order valence-corrected chi connectivity index (χ3v) is 3.41. The molecule has 2 aromatic rings. The molecule has 0 radical (unpaired) electrons. The first kappa shape index (κ1) is 16.4. The van der Waals surface area contributed by atoms with Crippen LogP contribution in [-0.2, 0) is 11.2 Å². The maximum absolute atomic E-state index is 12.2. The van der Waals surface area contributed by atoms with E-state index in [9.17, 15) is 10.1 Å². The van der Waals surface area contributed by atoms with Crippen LogP contribution < -0.4 is 5.32 Å². The lowest BCUT2D eigenvalue weighted by Gasteiger charge is -2.06. The van der Waals surface area contributed by atoms with Crippen molar-refractivity contribution < 1.29 is 4.79 Å². The number of nitriles is 1. The average Bonchev–Trinajstić information content (AvgIpc) is 2.60. The molecule has 0 spiro atoms. The van der Waals surface area contributed by atoms with Crippen LogP contribution in [0.25, 0.3) is 6.08 Å². The van der Waals surface area contributed by atoms with Crippen LogP contribution in [-0.4, -0.2) is 10.9 Å². The summed E-state index contributed by atoms with van der Waals surface area (Å²) in [5.74, 6) is -0.411. The number of pyridine rings is 1. The second-order valence-corrected chi connectivity index (χ2v) is 5.20. The Bertz CT molecular complexity index is 713. The Morgan fingerprint density at radius 3 is 2.52 bits per heavy atom. The molecule has 1 amide bonds. The zero-order valence-electron chi connectivity index (χ0n) is 13.1. The van der Waals surface area contributed by atoms with Crippen LogP contribution in [0.1, 0.15) is 30.9 Å². The van der Waals surface area contributed by atoms with Crippen LogP contribution in [0.3, 0.4) is 0 Å². The van der Waals surface area contributed by atoms with Gasteiger partial charge in [0.25, 0.3) is 5.91 Å². The van der Waals surface area contributed by atoms with Gasteiger partial charge in [-0.3, -0.25) is 9.78 Å². The number of carbonyl (C=O) groups is 1. The molecule has 4 heteroatoms. The molecule has 0 aliphatic carbocycles. The largest absolute Gasteiger partial charge is 0.321 e. The Balaban J connectivity index is 2.05. The molecular weight excluding hydrogens is 286 g/mol. The van der Waals surface area contributed by atoms with Gasteiger partial charge in [0.1, 0.15) is 11.6 Å². The van der Waals surface area contributed by atoms with E-state index in [1.165, 1.54) is 5.56 Å². The number of benzene rings is 1. The molecule has 4 nitrogen and oxygen atoms in total. The Morgan fingerprint density at radius 2 is 1.91 bits per heavy atom. The van der Waals surface area contributed by atoms with Gasteiger partial charge in [-0.05, 0) is 54.3 Å². The van der Waals surface area contributed by atoms with E-state index in [0.29, 0.717) is 5.69 Å². The maximum atomic E-state index is 12.2. The predicted molar refractivity (Wildman–Crippen MR) is 91.5 cm³/mol. The van der Waals surface area contributed by atoms with Crippen molar-refractivity contribution in [2.45, 2.75) is 26.2 Å². The van der Waals surface area contributed by atoms with Gasteiger partial charge >= 0.3 is 0 Å². The molecule has 1 heterocycles. The van der Waals surface area contributed by atoms with Crippen molar-refractivity contribution in [3.05, 3.63) is 65.5 Å². The second-order valence-electron chi connectivity index (χ2n) is 5.20. The highest BCUT2D eigenvalue weighted by atomic mass is 16.1. The summed E-state index contributed by atoms with van der Waals surface area (Å²) >= 11 is 0. The van der Waals surface area contributed by atoms with Gasteiger partial charge in [-0.2, -0.15) is 5.26 Å². The lowest BCUT2D eigenvalue weighted by Crippen LogP contribution is -2.13. The zero-order valence-corrected chi connectivity index (χ0v) is 13.1. The highest BCUT2D eigenvalue weighted by molar-refractivity contribution is 6.09. The predicted octanol–water partition coefficient (Wildman–Crippen LogP) is 3.97. The van der Waals surface area contributed by atoms with Gasteiger partial charge in [0.05, 0.1) is 0 Å². The third kappa shape index (κ3) is 5.08. The normalized spacial score (nSPS) is 10.9. The smallest absolute Gasteiger partial charge is 0.266 e. The molecule has 0 unspecified atom stereocenters. The van der Waals surface area contributed by atoms with E-state index in [1.54, 1.807) is 30.6 Å². The van der Waals surface area contributed by atoms with E-state index in [2.05, 4.69) is 17.2 Å². The first-order chi connectivity index (χ1) is 11.2. The molecule has 0 saturated heterocycles. The van der Waals surface area contributed by atoms with Gasteiger partial charge in [0, 0.05) is 18.1 Å². The summed E-state index contributed by atoms with van der Waals surface area (Å²) in [6, 6.07) is 13.2. The van der Waals surface area contributed by atoms with Crippen molar-refractivity contribution in [1.82, 2.24) is 4.98 Å². The monoisotopic (exact) mass is 305 g/mol. The minimum absolute atomic E-state index is 0.0614. The molecule has 116 valence electrons. The van der Waals surface area contributed by atoms with Gasteiger partial charge in [-0.1, -0.05) is 25.5 Å². The lowest BCUT2D eigenvalue weighted by molar-refractivity contribution is -0.112. The fraction of sp³-hybridized carbons (Fsp3) is 0.211. The van der Waals surface area contributed by atoms with Gasteiger partial charge in [-0.25, -0.2) is 0 Å². The minimum atomic E-state index is -0.411. The van der Waals surface area contributed by atoms with E-state index in [0.717, 1.165) is 24.8 Å². The Morgan fingerprint density at radius 1 is 1.22 bits per heavy atom. The Kier molecular flexibility index (Phi) is 6.07. The number of carbonyl (C=O) groups excluding carboxylic acids is 1. The van der Waals surface area contributed by atoms with Crippen LogP contribution in [0.2, 0.25) is 0 Å². The van der Waals surface area contributed by atoms with Gasteiger partial charge in [0.15, 0.2) is 0 Å². The van der Waals surface area contributed by atoms with Gasteiger partial charge in [0.2, 0.25) is 0 Å². The van der Waals surface area contributed by atoms with Crippen LogP contribution in [0.4, 0.5) is 5.69 Å². The molecule has 23 heavy (non-hydrogen) atoms. The van der Waals surface area contributed by atoms with Crippen molar-refractivity contribution >= 4 is 17.7 Å². The highest BCUT2D eigenvalue weighted by Gasteiger charge is 2.09. The number of aromatic nitrogens is 1. The molecule has 0 atom stereocenters. The molecule has 0 aliphatic rings. The van der Waals surface area contributed by atoms with E-state index in [1.807, 2.05) is 30.3 Å². The van der Waals surface area contributed by atoms with Gasteiger partial charge in [-0.15, -0.1) is 0 Å². The van der Waals surface area contributed by atoms with Crippen molar-refractivity contribution in [2.75, 3.05) is 5.32 Å². The molecule has 1 aromatic carbocycles. The highest BCUT2D eigenvalue weighted by Crippen LogP contribution is 2.14. The Labute approximate surface area is 136 Å². The quantitative estimate of drug-likeness (QED) is 0.648. The van der Waals surface area contributed by atoms with Crippen molar-refractivity contribution in [2.24, 2.45) is 0 Å². The number of unbranched alkanes of at least 4 members (excludes halogenated alkanes) is 1. The van der Waals surface area contributed by atoms with Crippen LogP contribution in [0.15, 0.2) is 54.4 Å². The molecule has 2 rings (SSSR count). The van der Waals surface area contributed by atoms with Gasteiger partial charge < -0.3 is 5.32 Å². The third-order valence-electron chi connectivity index (χ3n) is 3.41. The molecular formula is C19H19N3O. The number of nitrogens with zero attached hydrogens (tertiary/aromatic N) is 2. The number of amides is 1. The van der Waals surface area contributed by atoms with E-state index < -0.39 is 5.91 Å². The zero-order chi connectivity index (χ0) is 16.5. The average molecular weight is 305 g/mol. The molecule has 0 aliphatic heterocycles. The number of aryl methyl sites for hydroxylation is 1. The van der Waals surface area contributed by atoms with Crippen molar-refractivity contribution in [1.29, 1.82) is 5.26 Å². The first-order valence-electron chi connectivity index (χ1n) is 7.65. The fourth-order valence-corrected chi connectivity index (χ4v) is 2.11. The van der Waals surface area contributed by atoms with Crippen molar-refractivity contribution in [3.63, 3.8) is 0 Å². The number of hydrogen-bond donors (Lipinski definition) is 1. The maximum Gasteiger partial charge on any atom is 0.266 e. The van der Waals surface area contributed by atoms with Crippen LogP contribution in [0, 0.1) is 11.3 Å². The van der Waals surface area contributed by atoms with E-state index in [4.69, 9.17) is 0 Å². The minimum Gasteiger partial charge on any atom is -0.321 e. The number of hydrogen-bond acceptors (Lipinski definition) is 3. The molecule has 1 aromatic heterocycles. The molecule has 0 fully saturated rings. The first-order valence-corrected chi connectivity index (χ1v) is 7.65. The van der Waals surface area contributed by atoms with E-state index in [-0.39, 0.29) is 5.57 Å². The second kappa shape index (κ2) is 8.50. The lowest BCUT2D eigenvalue weighted by atomic mass is 10.1. The summed E-state index contributed by atoms with van der Waals surface area (Å²) < 4.78 is 0. The van der Waals surface area contributed by atoms with Crippen LogP contribution >= 0.6 is 0 Å². The summed E-state index contributed by atoms with van der Waals surface area (Å²) in [6.07, 6.45) is 8.13. The number of rotatable bonds is 6. The number of anilines is 1. The summed E-state index contributed by atoms with van der Waals surface area (Å²) in [4.78, 5) is 16.1. The van der Waals surface area contributed by atoms with Crippen molar-refractivity contribution in [3.8, 4) is 6.07 Å². The number of nitrogens with one attached hydrogen (secondary N) is 1. The van der Waals surface area contributed by atoms with E-state index >= 15 is 0 Å². The fourth-order valence-electron chi connectivity index (χ4n) is 2.11. The standard InChI is InChI=1S/C19H19N3O/c1-2-3-4-15-5-7-18(8-6-15)22-19(23)17(14-20)13-16-9-11-21-12-10-16/h5-13H,2-4H2,1H3,(H,22,23)/b17-13+. The SMILES string of the molecule is CCCCc1ccc(NC(=O)/C(C#N)=C/c2ccncc2)cc1. The van der Waals surface area contributed by atoms with Crippen LogP contribution in [0.5, 0.6) is 0 Å². The molecule has 1 N–H and O–H groups in total. The summed E-state index contributed by atoms with van der Waals surface area (Å²) in [7, 11) is 0.